The molecule has 0 aromatic carbocycles. The van der Waals surface area contributed by atoms with E-state index in [1.54, 1.807) is 14.2 Å². The number of ether oxygens (including phenoxy) is 2. The Bertz CT molecular complexity index is 363. The SMILES string of the molecule is COCC(Br)CN(C)c1ncnc(OC)c1C. The maximum absolute atomic E-state index is 5.17. The Balaban J connectivity index is 2.78. The zero-order valence-electron chi connectivity index (χ0n) is 10.6. The van der Waals surface area contributed by atoms with Crippen molar-refractivity contribution in [3.8, 4) is 5.88 Å². The van der Waals surface area contributed by atoms with Gasteiger partial charge in [-0.3, -0.25) is 0 Å². The number of nitrogens with zero attached hydrogens (tertiary/aromatic N) is 3. The van der Waals surface area contributed by atoms with E-state index in [1.165, 1.54) is 6.33 Å². The molecular formula is C11H18BrN3O2. The summed E-state index contributed by atoms with van der Waals surface area (Å²) in [5.41, 5.74) is 0.939. The highest BCUT2D eigenvalue weighted by atomic mass is 79.9. The van der Waals surface area contributed by atoms with Crippen molar-refractivity contribution in [1.82, 2.24) is 9.97 Å². The molecule has 0 N–H and O–H groups in total. The minimum Gasteiger partial charge on any atom is -0.481 e. The summed E-state index contributed by atoms with van der Waals surface area (Å²) in [5.74, 6) is 1.48. The Morgan fingerprint density at radius 1 is 1.41 bits per heavy atom. The van der Waals surface area contributed by atoms with Gasteiger partial charge in [0.15, 0.2) is 0 Å². The van der Waals surface area contributed by atoms with E-state index in [2.05, 4.69) is 30.8 Å². The third kappa shape index (κ3) is 3.81. The first kappa shape index (κ1) is 14.2. The minimum atomic E-state index is 0.262. The maximum Gasteiger partial charge on any atom is 0.221 e. The number of alkyl halides is 1. The molecule has 1 atom stereocenters. The molecule has 0 amide bonds. The van der Waals surface area contributed by atoms with Gasteiger partial charge in [0.2, 0.25) is 5.88 Å². The monoisotopic (exact) mass is 303 g/mol. The van der Waals surface area contributed by atoms with Crippen molar-refractivity contribution in [3.05, 3.63) is 11.9 Å². The second kappa shape index (κ2) is 6.76. The number of anilines is 1. The lowest BCUT2D eigenvalue weighted by atomic mass is 10.3. The van der Waals surface area contributed by atoms with E-state index in [0.717, 1.165) is 17.9 Å². The lowest BCUT2D eigenvalue weighted by Gasteiger charge is -2.23. The summed E-state index contributed by atoms with van der Waals surface area (Å²) >= 11 is 3.55. The molecule has 1 aromatic rings. The topological polar surface area (TPSA) is 47.5 Å². The molecular weight excluding hydrogens is 286 g/mol. The van der Waals surface area contributed by atoms with Crippen molar-refractivity contribution in [3.63, 3.8) is 0 Å². The molecule has 6 heteroatoms. The molecule has 1 rings (SSSR count). The summed E-state index contributed by atoms with van der Waals surface area (Å²) in [6, 6.07) is 0. The second-order valence-corrected chi connectivity index (χ2v) is 5.06. The zero-order valence-corrected chi connectivity index (χ0v) is 12.2. The molecule has 17 heavy (non-hydrogen) atoms. The Kier molecular flexibility index (Phi) is 5.64. The molecule has 0 saturated heterocycles. The predicted molar refractivity (Wildman–Crippen MR) is 71.2 cm³/mol. The van der Waals surface area contributed by atoms with Gasteiger partial charge in [-0.1, -0.05) is 15.9 Å². The highest BCUT2D eigenvalue weighted by molar-refractivity contribution is 9.09. The molecule has 0 aliphatic rings. The smallest absolute Gasteiger partial charge is 0.221 e. The van der Waals surface area contributed by atoms with Crippen LogP contribution in [-0.2, 0) is 4.74 Å². The van der Waals surface area contributed by atoms with E-state index in [0.29, 0.717) is 12.5 Å². The average Bonchev–Trinajstić information content (AvgIpc) is 2.29. The summed E-state index contributed by atoms with van der Waals surface area (Å²) in [4.78, 5) is 10.6. The van der Waals surface area contributed by atoms with Crippen molar-refractivity contribution in [2.45, 2.75) is 11.8 Å². The van der Waals surface area contributed by atoms with Gasteiger partial charge in [-0.2, -0.15) is 0 Å². The van der Waals surface area contributed by atoms with Crippen LogP contribution >= 0.6 is 15.9 Å². The number of methoxy groups -OCH3 is 2. The van der Waals surface area contributed by atoms with Gasteiger partial charge in [-0.05, 0) is 6.92 Å². The Labute approximate surface area is 110 Å². The first-order valence-electron chi connectivity index (χ1n) is 5.29. The van der Waals surface area contributed by atoms with Gasteiger partial charge < -0.3 is 14.4 Å². The van der Waals surface area contributed by atoms with Crippen LogP contribution in [0.2, 0.25) is 0 Å². The van der Waals surface area contributed by atoms with Crippen LogP contribution < -0.4 is 9.64 Å². The summed E-state index contributed by atoms with van der Waals surface area (Å²) in [7, 11) is 5.28. The number of rotatable bonds is 6. The molecule has 0 aliphatic heterocycles. The Morgan fingerprint density at radius 2 is 2.12 bits per heavy atom. The van der Waals surface area contributed by atoms with Gasteiger partial charge in [-0.15, -0.1) is 0 Å². The molecule has 1 aromatic heterocycles. The van der Waals surface area contributed by atoms with Crippen LogP contribution in [0.5, 0.6) is 5.88 Å². The van der Waals surface area contributed by atoms with E-state index in [-0.39, 0.29) is 4.83 Å². The molecule has 1 unspecified atom stereocenters. The van der Waals surface area contributed by atoms with Crippen molar-refractivity contribution in [2.24, 2.45) is 0 Å². The molecule has 5 nitrogen and oxygen atoms in total. The number of hydrogen-bond acceptors (Lipinski definition) is 5. The summed E-state index contributed by atoms with van der Waals surface area (Å²) in [5, 5.41) is 0. The number of aromatic nitrogens is 2. The van der Waals surface area contributed by atoms with Gasteiger partial charge in [-0.25, -0.2) is 9.97 Å². The molecule has 0 spiro atoms. The van der Waals surface area contributed by atoms with Crippen LogP contribution in [0.1, 0.15) is 5.56 Å². The van der Waals surface area contributed by atoms with Crippen LogP contribution in [0.4, 0.5) is 5.82 Å². The van der Waals surface area contributed by atoms with Crippen molar-refractivity contribution in [2.75, 3.05) is 39.3 Å². The lowest BCUT2D eigenvalue weighted by Crippen LogP contribution is -2.29. The number of hydrogen-bond donors (Lipinski definition) is 0. The molecule has 0 saturated carbocycles. The van der Waals surface area contributed by atoms with Crippen molar-refractivity contribution >= 4 is 21.7 Å². The summed E-state index contributed by atoms with van der Waals surface area (Å²) in [6.45, 7) is 3.41. The maximum atomic E-state index is 5.17. The Morgan fingerprint density at radius 3 is 2.71 bits per heavy atom. The average molecular weight is 304 g/mol. The molecule has 1 heterocycles. The normalized spacial score (nSPS) is 12.3. The largest absolute Gasteiger partial charge is 0.481 e. The van der Waals surface area contributed by atoms with Gasteiger partial charge >= 0.3 is 0 Å². The van der Waals surface area contributed by atoms with Crippen LogP contribution in [0, 0.1) is 6.92 Å². The highest BCUT2D eigenvalue weighted by Crippen LogP contribution is 2.23. The first-order chi connectivity index (χ1) is 8.10. The van der Waals surface area contributed by atoms with E-state index in [9.17, 15) is 0 Å². The zero-order chi connectivity index (χ0) is 12.8. The molecule has 0 aliphatic carbocycles. The molecule has 0 fully saturated rings. The van der Waals surface area contributed by atoms with E-state index in [4.69, 9.17) is 9.47 Å². The van der Waals surface area contributed by atoms with Gasteiger partial charge in [0.1, 0.15) is 12.1 Å². The van der Waals surface area contributed by atoms with E-state index >= 15 is 0 Å². The fraction of sp³-hybridized carbons (Fsp3) is 0.636. The van der Waals surface area contributed by atoms with Crippen molar-refractivity contribution in [1.29, 1.82) is 0 Å². The predicted octanol–water partition coefficient (Wildman–Crippen LogP) is 1.64. The van der Waals surface area contributed by atoms with Gasteiger partial charge in [0, 0.05) is 20.7 Å². The minimum absolute atomic E-state index is 0.262. The van der Waals surface area contributed by atoms with E-state index in [1.807, 2.05) is 14.0 Å². The van der Waals surface area contributed by atoms with Gasteiger partial charge in [0.05, 0.1) is 24.1 Å². The van der Waals surface area contributed by atoms with Crippen LogP contribution in [0.15, 0.2) is 6.33 Å². The third-order valence-electron chi connectivity index (χ3n) is 2.39. The summed E-state index contributed by atoms with van der Waals surface area (Å²) in [6.07, 6.45) is 1.51. The standard InChI is InChI=1S/C11H18BrN3O2/c1-8-10(13-7-14-11(8)17-4)15(2)5-9(12)6-16-3/h7,9H,5-6H2,1-4H3. The summed E-state index contributed by atoms with van der Waals surface area (Å²) < 4.78 is 10.3. The van der Waals surface area contributed by atoms with Crippen molar-refractivity contribution < 1.29 is 9.47 Å². The van der Waals surface area contributed by atoms with E-state index < -0.39 is 0 Å². The number of halogens is 1. The fourth-order valence-electron chi connectivity index (χ4n) is 1.63. The molecule has 0 bridgehead atoms. The first-order valence-corrected chi connectivity index (χ1v) is 6.21. The van der Waals surface area contributed by atoms with Gasteiger partial charge in [0.25, 0.3) is 0 Å². The van der Waals surface area contributed by atoms with Crippen LogP contribution in [0.25, 0.3) is 0 Å². The molecule has 0 radical (unpaired) electrons. The molecule has 96 valence electrons. The quantitative estimate of drug-likeness (QED) is 0.748. The Hall–Kier alpha value is -0.880. The van der Waals surface area contributed by atoms with Crippen LogP contribution in [-0.4, -0.2) is 49.2 Å². The fourth-order valence-corrected chi connectivity index (χ4v) is 2.33. The third-order valence-corrected chi connectivity index (χ3v) is 2.94. The van der Waals surface area contributed by atoms with Crippen LogP contribution in [0.3, 0.4) is 0 Å². The highest BCUT2D eigenvalue weighted by Gasteiger charge is 2.14. The lowest BCUT2D eigenvalue weighted by molar-refractivity contribution is 0.201. The second-order valence-electron chi connectivity index (χ2n) is 3.76.